The van der Waals surface area contributed by atoms with Gasteiger partial charge >= 0.3 is 10.1 Å². The van der Waals surface area contributed by atoms with Crippen LogP contribution in [0.25, 0.3) is 0 Å². The first kappa shape index (κ1) is 17.5. The summed E-state index contributed by atoms with van der Waals surface area (Å²) in [4.78, 5) is 12.3. The average Bonchev–Trinajstić information content (AvgIpc) is 2.64. The van der Waals surface area contributed by atoms with Crippen LogP contribution in [0.2, 0.25) is 0 Å². The van der Waals surface area contributed by atoms with E-state index in [4.69, 9.17) is 4.18 Å². The van der Waals surface area contributed by atoms with E-state index >= 15 is 0 Å². The lowest BCUT2D eigenvalue weighted by atomic mass is 9.88. The van der Waals surface area contributed by atoms with Gasteiger partial charge in [-0.3, -0.25) is 4.79 Å². The Bertz CT molecular complexity index is 810. The molecule has 0 heterocycles. The Morgan fingerprint density at radius 2 is 1.56 bits per heavy atom. The molecule has 5 nitrogen and oxygen atoms in total. The third kappa shape index (κ3) is 4.60. The number of amides is 1. The minimum absolute atomic E-state index is 0.0327. The predicted molar refractivity (Wildman–Crippen MR) is 95.9 cm³/mol. The van der Waals surface area contributed by atoms with E-state index in [0.717, 1.165) is 25.7 Å². The largest absolute Gasteiger partial charge is 0.379 e. The summed E-state index contributed by atoms with van der Waals surface area (Å²) in [5.41, 5.74) is 0.639. The first-order chi connectivity index (χ1) is 12.0. The fourth-order valence-corrected chi connectivity index (χ4v) is 3.92. The quantitative estimate of drug-likeness (QED) is 0.820. The molecule has 0 aliphatic heterocycles. The molecule has 1 N–H and O–H groups in total. The van der Waals surface area contributed by atoms with E-state index in [-0.39, 0.29) is 22.5 Å². The van der Waals surface area contributed by atoms with Crippen molar-refractivity contribution >= 4 is 21.7 Å². The van der Waals surface area contributed by atoms with Crippen LogP contribution < -0.4 is 9.50 Å². The van der Waals surface area contributed by atoms with Crippen LogP contribution in [0.5, 0.6) is 5.75 Å². The normalized spacial score (nSPS) is 15.5. The monoisotopic (exact) mass is 359 g/mol. The van der Waals surface area contributed by atoms with E-state index < -0.39 is 10.1 Å². The molecular formula is C19H21NO4S. The van der Waals surface area contributed by atoms with Gasteiger partial charge in [0, 0.05) is 11.6 Å². The third-order valence-electron chi connectivity index (χ3n) is 4.34. The molecule has 0 unspecified atom stereocenters. The van der Waals surface area contributed by atoms with Crippen molar-refractivity contribution in [1.29, 1.82) is 0 Å². The van der Waals surface area contributed by atoms with E-state index in [0.29, 0.717) is 5.69 Å². The zero-order valence-electron chi connectivity index (χ0n) is 13.9. The molecule has 1 amide bonds. The maximum atomic E-state index is 12.2. The second-order valence-corrected chi connectivity index (χ2v) is 7.75. The zero-order valence-corrected chi connectivity index (χ0v) is 14.7. The number of benzene rings is 2. The van der Waals surface area contributed by atoms with Crippen LogP contribution in [0.4, 0.5) is 5.69 Å². The summed E-state index contributed by atoms with van der Waals surface area (Å²) in [6.07, 6.45) is 5.26. The van der Waals surface area contributed by atoms with E-state index in [1.807, 2.05) is 0 Å². The van der Waals surface area contributed by atoms with Crippen molar-refractivity contribution in [2.75, 3.05) is 5.32 Å². The van der Waals surface area contributed by atoms with Gasteiger partial charge in [0.25, 0.3) is 0 Å². The molecular weight excluding hydrogens is 338 g/mol. The van der Waals surface area contributed by atoms with Crippen molar-refractivity contribution < 1.29 is 17.4 Å². The lowest BCUT2D eigenvalue weighted by Gasteiger charge is -2.20. The van der Waals surface area contributed by atoms with Crippen LogP contribution in [0, 0.1) is 5.92 Å². The van der Waals surface area contributed by atoms with Gasteiger partial charge in [0.05, 0.1) is 0 Å². The Kier molecular flexibility index (Phi) is 5.38. The number of carbonyl (C=O) groups excluding carboxylic acids is 1. The van der Waals surface area contributed by atoms with E-state index in [1.54, 1.807) is 30.3 Å². The van der Waals surface area contributed by atoms with E-state index in [1.165, 1.54) is 30.7 Å². The van der Waals surface area contributed by atoms with Gasteiger partial charge in [-0.15, -0.1) is 0 Å². The summed E-state index contributed by atoms with van der Waals surface area (Å²) in [5.74, 6) is 0.313. The number of anilines is 1. The fourth-order valence-electron chi connectivity index (χ4n) is 2.96. The van der Waals surface area contributed by atoms with Gasteiger partial charge in [0.1, 0.15) is 10.6 Å². The number of hydrogen-bond donors (Lipinski definition) is 1. The summed E-state index contributed by atoms with van der Waals surface area (Å²) in [7, 11) is -3.85. The Hall–Kier alpha value is -2.34. The molecule has 0 spiro atoms. The molecule has 1 saturated carbocycles. The third-order valence-corrected chi connectivity index (χ3v) is 5.60. The zero-order chi connectivity index (χ0) is 17.7. The minimum Gasteiger partial charge on any atom is -0.379 e. The molecule has 3 rings (SSSR count). The van der Waals surface area contributed by atoms with Gasteiger partial charge in [-0.1, -0.05) is 37.5 Å². The lowest BCUT2D eigenvalue weighted by Crippen LogP contribution is -2.24. The second-order valence-electron chi connectivity index (χ2n) is 6.20. The number of carbonyl (C=O) groups is 1. The van der Waals surface area contributed by atoms with Crippen molar-refractivity contribution in [3.63, 3.8) is 0 Å². The molecule has 0 saturated heterocycles. The summed E-state index contributed by atoms with van der Waals surface area (Å²) >= 11 is 0. The number of rotatable bonds is 5. The van der Waals surface area contributed by atoms with Gasteiger partial charge in [-0.2, -0.15) is 8.42 Å². The number of hydrogen-bond acceptors (Lipinski definition) is 4. The molecule has 6 heteroatoms. The summed E-state index contributed by atoms with van der Waals surface area (Å²) in [6.45, 7) is 0. The molecule has 2 aromatic rings. The predicted octanol–water partition coefficient (Wildman–Crippen LogP) is 3.97. The molecule has 1 aliphatic rings. The molecule has 0 radical (unpaired) electrons. The molecule has 1 aliphatic carbocycles. The van der Waals surface area contributed by atoms with Crippen molar-refractivity contribution in [3.8, 4) is 5.75 Å². The van der Waals surface area contributed by atoms with Gasteiger partial charge in [-0.25, -0.2) is 0 Å². The van der Waals surface area contributed by atoms with Gasteiger partial charge in [-0.05, 0) is 49.2 Å². The Labute approximate surface area is 148 Å². The van der Waals surface area contributed by atoms with Crippen LogP contribution in [-0.4, -0.2) is 14.3 Å². The van der Waals surface area contributed by atoms with E-state index in [2.05, 4.69) is 5.32 Å². The molecule has 132 valence electrons. The average molecular weight is 359 g/mol. The highest BCUT2D eigenvalue weighted by Gasteiger charge is 2.21. The smallest absolute Gasteiger partial charge is 0.339 e. The summed E-state index contributed by atoms with van der Waals surface area (Å²) < 4.78 is 29.5. The minimum atomic E-state index is -3.85. The van der Waals surface area contributed by atoms with Gasteiger partial charge in [0.15, 0.2) is 0 Å². The van der Waals surface area contributed by atoms with Crippen LogP contribution in [0.3, 0.4) is 0 Å². The first-order valence-corrected chi connectivity index (χ1v) is 9.86. The lowest BCUT2D eigenvalue weighted by molar-refractivity contribution is -0.120. The molecule has 0 atom stereocenters. The SMILES string of the molecule is O=C(Nc1ccc(OS(=O)(=O)c2ccccc2)cc1)C1CCCCC1. The molecule has 1 fully saturated rings. The maximum Gasteiger partial charge on any atom is 0.339 e. The molecule has 0 bridgehead atoms. The highest BCUT2D eigenvalue weighted by molar-refractivity contribution is 7.87. The maximum absolute atomic E-state index is 12.2. The van der Waals surface area contributed by atoms with Crippen molar-refractivity contribution in [2.24, 2.45) is 5.92 Å². The highest BCUT2D eigenvalue weighted by Crippen LogP contribution is 2.26. The highest BCUT2D eigenvalue weighted by atomic mass is 32.2. The topological polar surface area (TPSA) is 72.5 Å². The van der Waals surface area contributed by atoms with Crippen LogP contribution in [0.1, 0.15) is 32.1 Å². The Morgan fingerprint density at radius 1 is 0.920 bits per heavy atom. The number of nitrogens with one attached hydrogen (secondary N) is 1. The molecule has 0 aromatic heterocycles. The Morgan fingerprint density at radius 3 is 2.20 bits per heavy atom. The van der Waals surface area contributed by atoms with Crippen LogP contribution >= 0.6 is 0 Å². The van der Waals surface area contributed by atoms with Crippen molar-refractivity contribution in [1.82, 2.24) is 0 Å². The second kappa shape index (κ2) is 7.70. The fraction of sp³-hybridized carbons (Fsp3) is 0.316. The van der Waals surface area contributed by atoms with Gasteiger partial charge in [0.2, 0.25) is 5.91 Å². The van der Waals surface area contributed by atoms with Crippen LogP contribution in [-0.2, 0) is 14.9 Å². The van der Waals surface area contributed by atoms with Crippen LogP contribution in [0.15, 0.2) is 59.5 Å². The molecule has 2 aromatic carbocycles. The first-order valence-electron chi connectivity index (χ1n) is 8.45. The van der Waals surface area contributed by atoms with Gasteiger partial charge < -0.3 is 9.50 Å². The Balaban J connectivity index is 1.63. The summed E-state index contributed by atoms with van der Waals surface area (Å²) in [6, 6.07) is 14.4. The standard InChI is InChI=1S/C19H21NO4S/c21-19(15-7-3-1-4-8-15)20-16-11-13-17(14-12-16)24-25(22,23)18-9-5-2-6-10-18/h2,5-6,9-15H,1,3-4,7-8H2,(H,20,21). The summed E-state index contributed by atoms with van der Waals surface area (Å²) in [5, 5.41) is 2.89. The van der Waals surface area contributed by atoms with Crippen molar-refractivity contribution in [2.45, 2.75) is 37.0 Å². The van der Waals surface area contributed by atoms with Crippen molar-refractivity contribution in [3.05, 3.63) is 54.6 Å². The molecule has 25 heavy (non-hydrogen) atoms. The van der Waals surface area contributed by atoms with E-state index in [9.17, 15) is 13.2 Å².